The standard InChI is InChI=1S/C21H28N4O/c1-20(2)16-9-10-21(20,3)18(11-16)24-19(26)22-12-15-13-23-25(14-15)17-7-5-4-6-8-17/h4-8,13-14,16,18H,9-12H2,1-3H3,(H2,22,24,26). The van der Waals surface area contributed by atoms with E-state index < -0.39 is 0 Å². The molecule has 138 valence electrons. The first-order chi connectivity index (χ1) is 12.4. The molecule has 2 aromatic rings. The summed E-state index contributed by atoms with van der Waals surface area (Å²) in [5.74, 6) is 0.724. The van der Waals surface area contributed by atoms with Crippen molar-refractivity contribution in [1.82, 2.24) is 20.4 Å². The highest BCUT2D eigenvalue weighted by molar-refractivity contribution is 5.74. The van der Waals surface area contributed by atoms with Gasteiger partial charge in [-0.1, -0.05) is 39.0 Å². The van der Waals surface area contributed by atoms with Crippen molar-refractivity contribution in [2.24, 2.45) is 16.7 Å². The molecule has 26 heavy (non-hydrogen) atoms. The summed E-state index contributed by atoms with van der Waals surface area (Å²) in [6.45, 7) is 7.55. The zero-order chi connectivity index (χ0) is 18.4. The molecule has 1 aromatic carbocycles. The van der Waals surface area contributed by atoms with Gasteiger partial charge in [0.15, 0.2) is 0 Å². The summed E-state index contributed by atoms with van der Waals surface area (Å²) in [6, 6.07) is 10.2. The molecule has 0 saturated heterocycles. The van der Waals surface area contributed by atoms with Crippen LogP contribution in [-0.2, 0) is 6.54 Å². The van der Waals surface area contributed by atoms with Gasteiger partial charge in [-0.15, -0.1) is 0 Å². The van der Waals surface area contributed by atoms with E-state index in [2.05, 4.69) is 36.5 Å². The summed E-state index contributed by atoms with van der Waals surface area (Å²) in [6.07, 6.45) is 7.36. The fourth-order valence-electron chi connectivity index (χ4n) is 4.99. The zero-order valence-corrected chi connectivity index (χ0v) is 15.8. The number of para-hydroxylation sites is 1. The van der Waals surface area contributed by atoms with E-state index in [1.807, 2.05) is 41.2 Å². The van der Waals surface area contributed by atoms with Crippen LogP contribution >= 0.6 is 0 Å². The number of carbonyl (C=O) groups excluding carboxylic acids is 1. The van der Waals surface area contributed by atoms with Crippen LogP contribution < -0.4 is 10.6 Å². The molecule has 1 aromatic heterocycles. The lowest BCUT2D eigenvalue weighted by atomic mass is 9.69. The van der Waals surface area contributed by atoms with Crippen LogP contribution in [0.25, 0.3) is 5.69 Å². The summed E-state index contributed by atoms with van der Waals surface area (Å²) in [7, 11) is 0. The zero-order valence-electron chi connectivity index (χ0n) is 15.8. The molecule has 0 aliphatic heterocycles. The third-order valence-electron chi connectivity index (χ3n) is 7.21. The summed E-state index contributed by atoms with van der Waals surface area (Å²) in [5.41, 5.74) is 2.51. The Hall–Kier alpha value is -2.30. The predicted molar refractivity (Wildman–Crippen MR) is 102 cm³/mol. The molecular formula is C21H28N4O. The molecule has 0 spiro atoms. The Morgan fingerprint density at radius 1 is 1.27 bits per heavy atom. The Balaban J connectivity index is 1.34. The molecule has 2 aliphatic rings. The van der Waals surface area contributed by atoms with Gasteiger partial charge < -0.3 is 10.6 Å². The highest BCUT2D eigenvalue weighted by atomic mass is 16.2. The molecule has 1 heterocycles. The van der Waals surface area contributed by atoms with Crippen molar-refractivity contribution in [3.8, 4) is 5.69 Å². The molecule has 2 N–H and O–H groups in total. The van der Waals surface area contributed by atoms with Crippen molar-refractivity contribution in [3.05, 3.63) is 48.3 Å². The average Bonchev–Trinajstić information content (AvgIpc) is 3.24. The number of amides is 2. The first kappa shape index (κ1) is 17.1. The maximum Gasteiger partial charge on any atom is 0.315 e. The number of carbonyl (C=O) groups is 1. The quantitative estimate of drug-likeness (QED) is 0.877. The van der Waals surface area contributed by atoms with Gasteiger partial charge in [0.05, 0.1) is 11.9 Å². The van der Waals surface area contributed by atoms with E-state index in [1.165, 1.54) is 12.8 Å². The number of fused-ring (bicyclic) bond motifs is 2. The van der Waals surface area contributed by atoms with Crippen molar-refractivity contribution < 1.29 is 4.79 Å². The number of nitrogens with zero attached hydrogens (tertiary/aromatic N) is 2. The summed E-state index contributed by atoms with van der Waals surface area (Å²) < 4.78 is 1.83. The van der Waals surface area contributed by atoms with E-state index in [0.717, 1.165) is 23.6 Å². The van der Waals surface area contributed by atoms with Crippen LogP contribution in [0, 0.1) is 16.7 Å². The molecule has 2 aliphatic carbocycles. The van der Waals surface area contributed by atoms with Crippen molar-refractivity contribution in [3.63, 3.8) is 0 Å². The SMILES string of the molecule is CC1(C)C2CCC1(C)C(NC(=O)NCc1cnn(-c3ccccc3)c1)C2. The monoisotopic (exact) mass is 352 g/mol. The Kier molecular flexibility index (Phi) is 4.05. The molecule has 3 atom stereocenters. The summed E-state index contributed by atoms with van der Waals surface area (Å²) in [5, 5.41) is 10.6. The second-order valence-electron chi connectivity index (χ2n) is 8.62. The second kappa shape index (κ2) is 6.15. The van der Waals surface area contributed by atoms with Gasteiger partial charge in [0.1, 0.15) is 0 Å². The van der Waals surface area contributed by atoms with Gasteiger partial charge in [0.2, 0.25) is 0 Å². The Morgan fingerprint density at radius 3 is 2.69 bits per heavy atom. The van der Waals surface area contributed by atoms with Crippen LogP contribution in [0.2, 0.25) is 0 Å². The maximum atomic E-state index is 12.4. The van der Waals surface area contributed by atoms with Gasteiger partial charge in [-0.25, -0.2) is 9.48 Å². The van der Waals surface area contributed by atoms with Crippen LogP contribution in [0.4, 0.5) is 4.79 Å². The number of aromatic nitrogens is 2. The smallest absolute Gasteiger partial charge is 0.315 e. The highest BCUT2D eigenvalue weighted by Gasteiger charge is 2.61. The third kappa shape index (κ3) is 2.70. The normalized spacial score (nSPS) is 28.9. The lowest BCUT2D eigenvalue weighted by Gasteiger charge is -2.39. The Bertz CT molecular complexity index is 797. The van der Waals surface area contributed by atoms with Crippen LogP contribution in [0.5, 0.6) is 0 Å². The minimum atomic E-state index is -0.0768. The number of hydrogen-bond acceptors (Lipinski definition) is 2. The van der Waals surface area contributed by atoms with E-state index in [4.69, 9.17) is 0 Å². The van der Waals surface area contributed by atoms with Gasteiger partial charge in [-0.3, -0.25) is 0 Å². The highest BCUT2D eigenvalue weighted by Crippen LogP contribution is 2.65. The first-order valence-electron chi connectivity index (χ1n) is 9.53. The number of rotatable bonds is 4. The molecule has 2 saturated carbocycles. The Morgan fingerprint density at radius 2 is 2.04 bits per heavy atom. The fourth-order valence-corrected chi connectivity index (χ4v) is 4.99. The number of benzene rings is 1. The van der Waals surface area contributed by atoms with Crippen molar-refractivity contribution in [1.29, 1.82) is 0 Å². The van der Waals surface area contributed by atoms with Gasteiger partial charge in [-0.05, 0) is 48.1 Å². The minimum Gasteiger partial charge on any atom is -0.335 e. The fraction of sp³-hybridized carbons (Fsp3) is 0.524. The van der Waals surface area contributed by atoms with Gasteiger partial charge >= 0.3 is 6.03 Å². The van der Waals surface area contributed by atoms with E-state index >= 15 is 0 Å². The lowest BCUT2D eigenvalue weighted by molar-refractivity contribution is 0.123. The molecule has 2 amide bonds. The van der Waals surface area contributed by atoms with Gasteiger partial charge in [0, 0.05) is 24.3 Å². The molecule has 0 radical (unpaired) electrons. The van der Waals surface area contributed by atoms with Crippen LogP contribution in [0.1, 0.15) is 45.6 Å². The largest absolute Gasteiger partial charge is 0.335 e. The van der Waals surface area contributed by atoms with Crippen LogP contribution in [-0.4, -0.2) is 21.9 Å². The van der Waals surface area contributed by atoms with Gasteiger partial charge in [0.25, 0.3) is 0 Å². The summed E-state index contributed by atoms with van der Waals surface area (Å²) >= 11 is 0. The van der Waals surface area contributed by atoms with Crippen LogP contribution in [0.15, 0.2) is 42.7 Å². The minimum absolute atomic E-state index is 0.0768. The molecule has 4 rings (SSSR count). The van der Waals surface area contributed by atoms with Crippen LogP contribution in [0.3, 0.4) is 0 Å². The van der Waals surface area contributed by atoms with Gasteiger partial charge in [-0.2, -0.15) is 5.10 Å². The molecule has 2 bridgehead atoms. The predicted octanol–water partition coefficient (Wildman–Crippen LogP) is 3.89. The van der Waals surface area contributed by atoms with Crippen molar-refractivity contribution in [2.75, 3.05) is 0 Å². The van der Waals surface area contributed by atoms with Crippen molar-refractivity contribution in [2.45, 2.75) is 52.6 Å². The third-order valence-corrected chi connectivity index (χ3v) is 7.21. The number of hydrogen-bond donors (Lipinski definition) is 2. The molecule has 2 fully saturated rings. The summed E-state index contributed by atoms with van der Waals surface area (Å²) in [4.78, 5) is 12.4. The Labute approximate surface area is 155 Å². The molecular weight excluding hydrogens is 324 g/mol. The first-order valence-corrected chi connectivity index (χ1v) is 9.53. The average molecular weight is 352 g/mol. The van der Waals surface area contributed by atoms with E-state index in [-0.39, 0.29) is 17.5 Å². The number of nitrogens with one attached hydrogen (secondary N) is 2. The molecule has 3 unspecified atom stereocenters. The molecule has 5 nitrogen and oxygen atoms in total. The maximum absolute atomic E-state index is 12.4. The molecule has 5 heteroatoms. The van der Waals surface area contributed by atoms with E-state index in [0.29, 0.717) is 12.0 Å². The van der Waals surface area contributed by atoms with Crippen molar-refractivity contribution >= 4 is 6.03 Å². The lowest BCUT2D eigenvalue weighted by Crippen LogP contribution is -2.49. The second-order valence-corrected chi connectivity index (χ2v) is 8.62. The topological polar surface area (TPSA) is 59.0 Å². The van der Waals surface area contributed by atoms with E-state index in [1.54, 1.807) is 6.20 Å². The van der Waals surface area contributed by atoms with E-state index in [9.17, 15) is 4.79 Å². The number of urea groups is 1.